The second-order valence-electron chi connectivity index (χ2n) is 4.93. The van der Waals surface area contributed by atoms with Crippen LogP contribution >= 0.6 is 0 Å². The third-order valence-electron chi connectivity index (χ3n) is 3.25. The summed E-state index contributed by atoms with van der Waals surface area (Å²) in [5.74, 6) is 0.956. The summed E-state index contributed by atoms with van der Waals surface area (Å²) in [4.78, 5) is 0. The summed E-state index contributed by atoms with van der Waals surface area (Å²) in [5, 5.41) is 3.49. The van der Waals surface area contributed by atoms with Crippen LogP contribution in [0.5, 0.6) is 5.75 Å². The van der Waals surface area contributed by atoms with Crippen molar-refractivity contribution < 1.29 is 9.47 Å². The molecular weight excluding hydrogens is 238 g/mol. The second kappa shape index (κ2) is 8.94. The van der Waals surface area contributed by atoms with Crippen LogP contribution in [0.25, 0.3) is 0 Å². The molecule has 0 fully saturated rings. The topological polar surface area (TPSA) is 30.5 Å². The molecule has 1 rings (SSSR count). The van der Waals surface area contributed by atoms with Gasteiger partial charge in [-0.3, -0.25) is 0 Å². The van der Waals surface area contributed by atoms with Gasteiger partial charge in [0, 0.05) is 19.8 Å². The second-order valence-corrected chi connectivity index (χ2v) is 4.93. The molecule has 1 aromatic carbocycles. The summed E-state index contributed by atoms with van der Waals surface area (Å²) >= 11 is 0. The van der Waals surface area contributed by atoms with Gasteiger partial charge < -0.3 is 14.8 Å². The van der Waals surface area contributed by atoms with Gasteiger partial charge >= 0.3 is 0 Å². The zero-order valence-electron chi connectivity index (χ0n) is 12.6. The highest BCUT2D eigenvalue weighted by atomic mass is 16.5. The van der Waals surface area contributed by atoms with E-state index in [1.807, 2.05) is 6.07 Å². The van der Waals surface area contributed by atoms with Gasteiger partial charge in [0.1, 0.15) is 5.75 Å². The van der Waals surface area contributed by atoms with Crippen molar-refractivity contribution in [2.75, 3.05) is 20.3 Å². The Morgan fingerprint density at radius 1 is 1.26 bits per heavy atom. The third-order valence-corrected chi connectivity index (χ3v) is 3.25. The largest absolute Gasteiger partial charge is 0.491 e. The number of rotatable bonds is 9. The van der Waals surface area contributed by atoms with Gasteiger partial charge in [-0.15, -0.1) is 0 Å². The summed E-state index contributed by atoms with van der Waals surface area (Å²) in [5.41, 5.74) is 1.26. The minimum Gasteiger partial charge on any atom is -0.491 e. The Bertz CT molecular complexity index is 354. The fourth-order valence-electron chi connectivity index (χ4n) is 1.83. The molecule has 108 valence electrons. The van der Waals surface area contributed by atoms with Crippen LogP contribution in [-0.2, 0) is 4.74 Å². The molecule has 2 unspecified atom stereocenters. The van der Waals surface area contributed by atoms with Crippen molar-refractivity contribution in [3.8, 4) is 5.75 Å². The third kappa shape index (κ3) is 6.08. The van der Waals surface area contributed by atoms with E-state index in [0.29, 0.717) is 6.04 Å². The molecule has 0 aromatic heterocycles. The molecule has 3 heteroatoms. The predicted octanol–water partition coefficient (Wildman–Crippen LogP) is 3.55. The Morgan fingerprint density at radius 2 is 2.05 bits per heavy atom. The van der Waals surface area contributed by atoms with E-state index in [0.717, 1.165) is 31.7 Å². The normalized spacial score (nSPS) is 14.1. The van der Waals surface area contributed by atoms with Crippen LogP contribution in [0.2, 0.25) is 0 Å². The minimum absolute atomic E-state index is 0.264. The Labute approximate surface area is 117 Å². The molecule has 1 aromatic rings. The van der Waals surface area contributed by atoms with E-state index in [2.05, 4.69) is 44.3 Å². The Morgan fingerprint density at radius 3 is 2.74 bits per heavy atom. The molecule has 3 nitrogen and oxygen atoms in total. The highest BCUT2D eigenvalue weighted by Gasteiger charge is 2.07. The van der Waals surface area contributed by atoms with Crippen LogP contribution in [0.1, 0.15) is 45.2 Å². The summed E-state index contributed by atoms with van der Waals surface area (Å²) in [6.07, 6.45) is 2.32. The van der Waals surface area contributed by atoms with Crippen LogP contribution in [0.4, 0.5) is 0 Å². The summed E-state index contributed by atoms with van der Waals surface area (Å²) < 4.78 is 10.9. The number of nitrogens with one attached hydrogen (secondary N) is 1. The Balaban J connectivity index is 2.50. The standard InChI is InChI=1S/C16H27NO2/c1-5-13(2)19-16-9-6-8-15(12-16)14(3)17-10-7-11-18-4/h6,8-9,12-14,17H,5,7,10-11H2,1-4H3. The molecule has 0 aliphatic heterocycles. The van der Waals surface area contributed by atoms with Gasteiger partial charge in [-0.25, -0.2) is 0 Å². The first-order chi connectivity index (χ1) is 9.17. The molecule has 0 aliphatic rings. The number of ether oxygens (including phenoxy) is 2. The molecule has 2 atom stereocenters. The Hall–Kier alpha value is -1.06. The van der Waals surface area contributed by atoms with Crippen LogP contribution < -0.4 is 10.1 Å². The van der Waals surface area contributed by atoms with Crippen molar-refractivity contribution in [2.24, 2.45) is 0 Å². The first-order valence-corrected chi connectivity index (χ1v) is 7.16. The van der Waals surface area contributed by atoms with Gasteiger partial charge in [0.2, 0.25) is 0 Å². The minimum atomic E-state index is 0.264. The zero-order chi connectivity index (χ0) is 14.1. The van der Waals surface area contributed by atoms with E-state index in [1.54, 1.807) is 7.11 Å². The predicted molar refractivity (Wildman–Crippen MR) is 79.7 cm³/mol. The quantitative estimate of drug-likeness (QED) is 0.693. The molecular formula is C16H27NO2. The van der Waals surface area contributed by atoms with Gasteiger partial charge in [0.15, 0.2) is 0 Å². The van der Waals surface area contributed by atoms with Crippen LogP contribution in [-0.4, -0.2) is 26.4 Å². The van der Waals surface area contributed by atoms with E-state index >= 15 is 0 Å². The van der Waals surface area contributed by atoms with Crippen molar-refractivity contribution in [1.29, 1.82) is 0 Å². The SMILES string of the molecule is CCC(C)Oc1cccc(C(C)NCCCOC)c1. The lowest BCUT2D eigenvalue weighted by atomic mass is 10.1. The number of benzene rings is 1. The highest BCUT2D eigenvalue weighted by molar-refractivity contribution is 5.30. The smallest absolute Gasteiger partial charge is 0.120 e. The molecule has 0 bridgehead atoms. The summed E-state index contributed by atoms with van der Waals surface area (Å²) in [7, 11) is 1.74. The lowest BCUT2D eigenvalue weighted by Gasteiger charge is -2.17. The molecule has 0 saturated heterocycles. The number of hydrogen-bond donors (Lipinski definition) is 1. The molecule has 0 amide bonds. The average molecular weight is 265 g/mol. The fourth-order valence-corrected chi connectivity index (χ4v) is 1.83. The highest BCUT2D eigenvalue weighted by Crippen LogP contribution is 2.20. The molecule has 0 saturated carbocycles. The lowest BCUT2D eigenvalue weighted by molar-refractivity contribution is 0.193. The molecule has 1 N–H and O–H groups in total. The van der Waals surface area contributed by atoms with Gasteiger partial charge in [-0.05, 0) is 50.9 Å². The monoisotopic (exact) mass is 265 g/mol. The van der Waals surface area contributed by atoms with E-state index in [1.165, 1.54) is 5.56 Å². The van der Waals surface area contributed by atoms with E-state index < -0.39 is 0 Å². The maximum Gasteiger partial charge on any atom is 0.120 e. The zero-order valence-corrected chi connectivity index (χ0v) is 12.6. The van der Waals surface area contributed by atoms with Crippen LogP contribution in [0.3, 0.4) is 0 Å². The molecule has 0 radical (unpaired) electrons. The molecule has 0 spiro atoms. The summed E-state index contributed by atoms with van der Waals surface area (Å²) in [6, 6.07) is 8.67. The maximum absolute atomic E-state index is 5.85. The molecule has 19 heavy (non-hydrogen) atoms. The van der Waals surface area contributed by atoms with E-state index in [9.17, 15) is 0 Å². The van der Waals surface area contributed by atoms with Crippen LogP contribution in [0, 0.1) is 0 Å². The van der Waals surface area contributed by atoms with Gasteiger partial charge in [-0.1, -0.05) is 19.1 Å². The average Bonchev–Trinajstić information content (AvgIpc) is 2.43. The molecule has 0 aliphatic carbocycles. The van der Waals surface area contributed by atoms with E-state index in [4.69, 9.17) is 9.47 Å². The van der Waals surface area contributed by atoms with Crippen LogP contribution in [0.15, 0.2) is 24.3 Å². The first-order valence-electron chi connectivity index (χ1n) is 7.16. The van der Waals surface area contributed by atoms with Crippen molar-refractivity contribution in [3.63, 3.8) is 0 Å². The van der Waals surface area contributed by atoms with Crippen molar-refractivity contribution >= 4 is 0 Å². The maximum atomic E-state index is 5.85. The van der Waals surface area contributed by atoms with Crippen molar-refractivity contribution in [3.05, 3.63) is 29.8 Å². The summed E-state index contributed by atoms with van der Waals surface area (Å²) in [6.45, 7) is 8.17. The van der Waals surface area contributed by atoms with Gasteiger partial charge in [0.05, 0.1) is 6.10 Å². The fraction of sp³-hybridized carbons (Fsp3) is 0.625. The first kappa shape index (κ1) is 16.0. The Kier molecular flexibility index (Phi) is 7.53. The molecule has 0 heterocycles. The van der Waals surface area contributed by atoms with Crippen molar-refractivity contribution in [2.45, 2.75) is 45.8 Å². The van der Waals surface area contributed by atoms with E-state index in [-0.39, 0.29) is 6.10 Å². The number of methoxy groups -OCH3 is 1. The number of hydrogen-bond acceptors (Lipinski definition) is 3. The van der Waals surface area contributed by atoms with Crippen molar-refractivity contribution in [1.82, 2.24) is 5.32 Å². The van der Waals surface area contributed by atoms with Gasteiger partial charge in [-0.2, -0.15) is 0 Å². The van der Waals surface area contributed by atoms with Gasteiger partial charge in [0.25, 0.3) is 0 Å². The lowest BCUT2D eigenvalue weighted by Crippen LogP contribution is -2.21.